The standard InChI is InChI=1S/C11H16N2O/c1-4-13-11(5-6-12-13)7-10(8-14)9(2)3/h5-9H,4H2,1-3H3/b10-7-. The van der Waals surface area contributed by atoms with Gasteiger partial charge in [0.1, 0.15) is 6.29 Å². The Bertz CT molecular complexity index is 337. The monoisotopic (exact) mass is 192 g/mol. The van der Waals surface area contributed by atoms with Gasteiger partial charge in [0.05, 0.1) is 5.69 Å². The summed E-state index contributed by atoms with van der Waals surface area (Å²) in [5.41, 5.74) is 1.79. The predicted octanol–water partition coefficient (Wildman–Crippen LogP) is 2.14. The molecular formula is C11H16N2O. The Kier molecular flexibility index (Phi) is 3.63. The van der Waals surface area contributed by atoms with Gasteiger partial charge in [-0.2, -0.15) is 5.10 Å². The smallest absolute Gasteiger partial charge is 0.146 e. The van der Waals surface area contributed by atoms with Gasteiger partial charge >= 0.3 is 0 Å². The summed E-state index contributed by atoms with van der Waals surface area (Å²) in [6.07, 6.45) is 4.56. The molecule has 0 N–H and O–H groups in total. The van der Waals surface area contributed by atoms with Gasteiger partial charge in [0.2, 0.25) is 0 Å². The van der Waals surface area contributed by atoms with Crippen molar-refractivity contribution < 1.29 is 4.79 Å². The maximum absolute atomic E-state index is 10.8. The molecule has 0 aliphatic heterocycles. The normalized spacial score (nSPS) is 12.1. The summed E-state index contributed by atoms with van der Waals surface area (Å²) in [7, 11) is 0. The van der Waals surface area contributed by atoms with Gasteiger partial charge in [0, 0.05) is 12.7 Å². The summed E-state index contributed by atoms with van der Waals surface area (Å²) >= 11 is 0. The molecule has 3 heteroatoms. The van der Waals surface area contributed by atoms with Crippen LogP contribution in [0.25, 0.3) is 6.08 Å². The molecule has 1 heterocycles. The SMILES string of the molecule is CCn1nccc1/C=C(/C=O)C(C)C. The van der Waals surface area contributed by atoms with E-state index in [1.807, 2.05) is 37.6 Å². The Labute approximate surface area is 84.4 Å². The molecule has 0 atom stereocenters. The lowest BCUT2D eigenvalue weighted by Gasteiger charge is -2.04. The molecule has 0 aliphatic carbocycles. The quantitative estimate of drug-likeness (QED) is 0.541. The van der Waals surface area contributed by atoms with Gasteiger partial charge in [-0.25, -0.2) is 0 Å². The van der Waals surface area contributed by atoms with Crippen molar-refractivity contribution in [1.29, 1.82) is 0 Å². The van der Waals surface area contributed by atoms with Crippen LogP contribution >= 0.6 is 0 Å². The van der Waals surface area contributed by atoms with Crippen LogP contribution < -0.4 is 0 Å². The molecule has 0 aliphatic rings. The summed E-state index contributed by atoms with van der Waals surface area (Å²) < 4.78 is 1.87. The van der Waals surface area contributed by atoms with Gasteiger partial charge in [-0.05, 0) is 30.6 Å². The van der Waals surface area contributed by atoms with Crippen molar-refractivity contribution in [2.75, 3.05) is 0 Å². The number of aryl methyl sites for hydroxylation is 1. The summed E-state index contributed by atoms with van der Waals surface area (Å²) in [5.74, 6) is 0.257. The topological polar surface area (TPSA) is 34.9 Å². The minimum atomic E-state index is 0.257. The summed E-state index contributed by atoms with van der Waals surface area (Å²) in [5, 5.41) is 4.14. The second kappa shape index (κ2) is 4.74. The molecule has 3 nitrogen and oxygen atoms in total. The van der Waals surface area contributed by atoms with E-state index >= 15 is 0 Å². The Morgan fingerprint density at radius 1 is 1.64 bits per heavy atom. The number of aldehydes is 1. The fourth-order valence-corrected chi connectivity index (χ4v) is 1.24. The van der Waals surface area contributed by atoms with Crippen LogP contribution in [0.1, 0.15) is 26.5 Å². The maximum Gasteiger partial charge on any atom is 0.146 e. The second-order valence-corrected chi connectivity index (χ2v) is 3.49. The average Bonchev–Trinajstić information content (AvgIpc) is 2.60. The van der Waals surface area contributed by atoms with Crippen molar-refractivity contribution in [2.24, 2.45) is 5.92 Å². The van der Waals surface area contributed by atoms with E-state index in [2.05, 4.69) is 5.10 Å². The number of carbonyl (C=O) groups excluding carboxylic acids is 1. The minimum Gasteiger partial charge on any atom is -0.298 e. The second-order valence-electron chi connectivity index (χ2n) is 3.49. The average molecular weight is 192 g/mol. The van der Waals surface area contributed by atoms with Gasteiger partial charge in [-0.1, -0.05) is 13.8 Å². The number of allylic oxidation sites excluding steroid dienone is 1. The molecule has 0 unspecified atom stereocenters. The molecule has 0 bridgehead atoms. The van der Waals surface area contributed by atoms with Crippen molar-refractivity contribution in [3.8, 4) is 0 Å². The molecule has 14 heavy (non-hydrogen) atoms. The van der Waals surface area contributed by atoms with E-state index in [1.165, 1.54) is 0 Å². The summed E-state index contributed by atoms with van der Waals surface area (Å²) in [6.45, 7) is 6.86. The van der Waals surface area contributed by atoms with E-state index in [-0.39, 0.29) is 5.92 Å². The van der Waals surface area contributed by atoms with Crippen LogP contribution in [0.5, 0.6) is 0 Å². The van der Waals surface area contributed by atoms with Gasteiger partial charge in [-0.15, -0.1) is 0 Å². The molecule has 0 amide bonds. The highest BCUT2D eigenvalue weighted by Gasteiger charge is 2.03. The molecule has 76 valence electrons. The first-order valence-electron chi connectivity index (χ1n) is 4.87. The Balaban J connectivity index is 2.99. The lowest BCUT2D eigenvalue weighted by molar-refractivity contribution is -0.105. The van der Waals surface area contributed by atoms with Crippen molar-refractivity contribution >= 4 is 12.4 Å². The molecule has 1 rings (SSSR count). The van der Waals surface area contributed by atoms with Crippen molar-refractivity contribution in [3.63, 3.8) is 0 Å². The van der Waals surface area contributed by atoms with Crippen molar-refractivity contribution in [2.45, 2.75) is 27.3 Å². The number of nitrogens with zero attached hydrogens (tertiary/aromatic N) is 2. The van der Waals surface area contributed by atoms with Crippen LogP contribution in [-0.4, -0.2) is 16.1 Å². The van der Waals surface area contributed by atoms with Crippen molar-refractivity contribution in [1.82, 2.24) is 9.78 Å². The highest BCUT2D eigenvalue weighted by atomic mass is 16.1. The van der Waals surface area contributed by atoms with Crippen LogP contribution in [0.15, 0.2) is 17.8 Å². The molecule has 0 aromatic carbocycles. The van der Waals surface area contributed by atoms with E-state index in [0.717, 1.165) is 24.1 Å². The predicted molar refractivity (Wildman–Crippen MR) is 56.8 cm³/mol. The number of rotatable bonds is 4. The number of carbonyl (C=O) groups is 1. The largest absolute Gasteiger partial charge is 0.298 e. The third-order valence-corrected chi connectivity index (χ3v) is 2.17. The molecule has 1 aromatic heterocycles. The van der Waals surface area contributed by atoms with Crippen molar-refractivity contribution in [3.05, 3.63) is 23.5 Å². The van der Waals surface area contributed by atoms with Crippen LogP contribution in [0.4, 0.5) is 0 Å². The first kappa shape index (κ1) is 10.7. The zero-order valence-corrected chi connectivity index (χ0v) is 8.90. The summed E-state index contributed by atoms with van der Waals surface area (Å²) in [4.78, 5) is 10.8. The highest BCUT2D eigenvalue weighted by Crippen LogP contribution is 2.12. The zero-order chi connectivity index (χ0) is 10.6. The van der Waals surface area contributed by atoms with E-state index in [0.29, 0.717) is 0 Å². The number of hydrogen-bond acceptors (Lipinski definition) is 2. The lowest BCUT2D eigenvalue weighted by atomic mass is 10.0. The Hall–Kier alpha value is -1.38. The Morgan fingerprint density at radius 2 is 2.36 bits per heavy atom. The first-order chi connectivity index (χ1) is 6.69. The highest BCUT2D eigenvalue weighted by molar-refractivity contribution is 5.81. The molecule has 1 aromatic rings. The lowest BCUT2D eigenvalue weighted by Crippen LogP contribution is -2.01. The van der Waals surface area contributed by atoms with Crippen LogP contribution in [0, 0.1) is 5.92 Å². The molecule has 0 radical (unpaired) electrons. The van der Waals surface area contributed by atoms with E-state index in [9.17, 15) is 4.79 Å². The molecule has 0 fully saturated rings. The number of aromatic nitrogens is 2. The van der Waals surface area contributed by atoms with E-state index in [4.69, 9.17) is 0 Å². The Morgan fingerprint density at radius 3 is 2.86 bits per heavy atom. The third-order valence-electron chi connectivity index (χ3n) is 2.17. The molecule has 0 saturated heterocycles. The molecule has 0 spiro atoms. The molecule has 0 saturated carbocycles. The van der Waals surface area contributed by atoms with E-state index in [1.54, 1.807) is 6.20 Å². The van der Waals surface area contributed by atoms with Crippen LogP contribution in [0.2, 0.25) is 0 Å². The zero-order valence-electron chi connectivity index (χ0n) is 8.90. The van der Waals surface area contributed by atoms with Gasteiger partial charge in [0.25, 0.3) is 0 Å². The summed E-state index contributed by atoms with van der Waals surface area (Å²) in [6, 6.07) is 1.91. The van der Waals surface area contributed by atoms with Gasteiger partial charge < -0.3 is 0 Å². The number of hydrogen-bond donors (Lipinski definition) is 0. The molecular weight excluding hydrogens is 176 g/mol. The third kappa shape index (κ3) is 2.31. The maximum atomic E-state index is 10.8. The van der Waals surface area contributed by atoms with Crippen LogP contribution in [0.3, 0.4) is 0 Å². The van der Waals surface area contributed by atoms with Crippen LogP contribution in [-0.2, 0) is 11.3 Å². The van der Waals surface area contributed by atoms with Gasteiger partial charge in [-0.3, -0.25) is 9.48 Å². The fraction of sp³-hybridized carbons (Fsp3) is 0.455. The first-order valence-corrected chi connectivity index (χ1v) is 4.87. The minimum absolute atomic E-state index is 0.257. The van der Waals surface area contributed by atoms with E-state index < -0.39 is 0 Å². The fourth-order valence-electron chi connectivity index (χ4n) is 1.24. The van der Waals surface area contributed by atoms with Gasteiger partial charge in [0.15, 0.2) is 0 Å².